The summed E-state index contributed by atoms with van der Waals surface area (Å²) in [5.74, 6) is 0. The van der Waals surface area contributed by atoms with Gasteiger partial charge < -0.3 is 24.4 Å². The van der Waals surface area contributed by atoms with Crippen molar-refractivity contribution in [3.05, 3.63) is 78.4 Å². The molecular formula is C25H29N5OS. The van der Waals surface area contributed by atoms with Crippen molar-refractivity contribution in [3.63, 3.8) is 0 Å². The van der Waals surface area contributed by atoms with E-state index in [0.29, 0.717) is 0 Å². The molecule has 32 heavy (non-hydrogen) atoms. The average molecular weight is 448 g/mol. The Morgan fingerprint density at radius 1 is 1.12 bits per heavy atom. The number of benzene rings is 1. The number of aromatic nitrogens is 2. The Labute approximate surface area is 194 Å². The van der Waals surface area contributed by atoms with Crippen molar-refractivity contribution in [2.24, 2.45) is 0 Å². The number of pyridine rings is 1. The highest BCUT2D eigenvalue weighted by Gasteiger charge is 2.42. The third kappa shape index (κ3) is 3.98. The second-order valence-electron chi connectivity index (χ2n) is 8.63. The highest BCUT2D eigenvalue weighted by atomic mass is 32.1. The Balaban J connectivity index is 1.54. The molecule has 4 heterocycles. The largest absolute Gasteiger partial charge is 0.378 e. The highest BCUT2D eigenvalue weighted by Crippen LogP contribution is 2.40. The second kappa shape index (κ2) is 8.92. The molecule has 0 unspecified atom stereocenters. The summed E-state index contributed by atoms with van der Waals surface area (Å²) in [4.78, 5) is 9.07. The molecule has 3 aromatic rings. The van der Waals surface area contributed by atoms with E-state index in [-0.39, 0.29) is 18.2 Å². The molecule has 0 radical (unpaired) electrons. The van der Waals surface area contributed by atoms with Gasteiger partial charge in [-0.05, 0) is 73.6 Å². The third-order valence-electron chi connectivity index (χ3n) is 6.35. The predicted molar refractivity (Wildman–Crippen MR) is 131 cm³/mol. The molecule has 2 saturated heterocycles. The zero-order valence-electron chi connectivity index (χ0n) is 18.5. The molecule has 5 rings (SSSR count). The van der Waals surface area contributed by atoms with Crippen LogP contribution in [0.25, 0.3) is 5.69 Å². The first kappa shape index (κ1) is 21.0. The van der Waals surface area contributed by atoms with Crippen LogP contribution in [0.15, 0.2) is 67.0 Å². The van der Waals surface area contributed by atoms with Crippen LogP contribution in [0.4, 0.5) is 5.69 Å². The minimum Gasteiger partial charge on any atom is -0.378 e. The van der Waals surface area contributed by atoms with Crippen molar-refractivity contribution in [2.45, 2.75) is 31.0 Å². The molecule has 0 spiro atoms. The van der Waals surface area contributed by atoms with E-state index in [1.807, 2.05) is 18.3 Å². The minimum absolute atomic E-state index is 0.0186. The van der Waals surface area contributed by atoms with E-state index in [0.717, 1.165) is 42.5 Å². The van der Waals surface area contributed by atoms with Gasteiger partial charge in [0, 0.05) is 56.7 Å². The fourth-order valence-corrected chi connectivity index (χ4v) is 5.03. The molecule has 2 aliphatic rings. The summed E-state index contributed by atoms with van der Waals surface area (Å²) >= 11 is 5.83. The van der Waals surface area contributed by atoms with Gasteiger partial charge in [-0.15, -0.1) is 0 Å². The standard InChI is InChI=1S/C25H29N5OS/c1-28(2)18-10-12-19(13-11-18)29-15-5-9-22(29)24-23(21-8-3-4-14-26-21)27-25(32)30(24)17-20-7-6-16-31-20/h3-5,8-15,20,23-24H,6-7,16-17H2,1-2H3,(H,27,32)/t20-,23+,24-/m1/s1. The van der Waals surface area contributed by atoms with E-state index in [1.165, 1.54) is 11.4 Å². The number of ether oxygens (including phenoxy) is 1. The summed E-state index contributed by atoms with van der Waals surface area (Å²) in [7, 11) is 4.11. The van der Waals surface area contributed by atoms with Gasteiger partial charge in [-0.25, -0.2) is 0 Å². The maximum Gasteiger partial charge on any atom is 0.170 e. The van der Waals surface area contributed by atoms with Gasteiger partial charge in [0.1, 0.15) is 0 Å². The number of rotatable bonds is 6. The topological polar surface area (TPSA) is 45.6 Å². The van der Waals surface area contributed by atoms with Crippen molar-refractivity contribution >= 4 is 23.0 Å². The first-order chi connectivity index (χ1) is 15.6. The summed E-state index contributed by atoms with van der Waals surface area (Å²) in [5.41, 5.74) is 4.48. The Hall–Kier alpha value is -2.90. The van der Waals surface area contributed by atoms with Crippen molar-refractivity contribution in [1.82, 2.24) is 19.8 Å². The van der Waals surface area contributed by atoms with E-state index in [2.05, 4.69) is 87.4 Å². The molecular weight excluding hydrogens is 418 g/mol. The lowest BCUT2D eigenvalue weighted by Gasteiger charge is -2.30. The second-order valence-corrected chi connectivity index (χ2v) is 9.01. The van der Waals surface area contributed by atoms with Crippen molar-refractivity contribution in [2.75, 3.05) is 32.1 Å². The lowest BCUT2D eigenvalue weighted by atomic mass is 10.0. The van der Waals surface area contributed by atoms with Crippen molar-refractivity contribution in [3.8, 4) is 5.69 Å². The van der Waals surface area contributed by atoms with Gasteiger partial charge in [-0.1, -0.05) is 6.07 Å². The molecule has 0 amide bonds. The van der Waals surface area contributed by atoms with Gasteiger partial charge in [0.05, 0.1) is 23.9 Å². The summed E-state index contributed by atoms with van der Waals surface area (Å²) < 4.78 is 8.23. The molecule has 2 aliphatic heterocycles. The molecule has 166 valence electrons. The van der Waals surface area contributed by atoms with Crippen LogP contribution < -0.4 is 10.2 Å². The summed E-state index contributed by atoms with van der Waals surface area (Å²) in [6, 6.07) is 19.0. The van der Waals surface area contributed by atoms with Crippen LogP contribution in [0, 0.1) is 0 Å². The molecule has 1 aromatic carbocycles. The van der Waals surface area contributed by atoms with Crippen LogP contribution in [0.3, 0.4) is 0 Å². The fourth-order valence-electron chi connectivity index (χ4n) is 4.71. The molecule has 0 aliphatic carbocycles. The molecule has 7 heteroatoms. The van der Waals surface area contributed by atoms with Crippen LogP contribution in [0.1, 0.15) is 36.3 Å². The SMILES string of the molecule is CN(C)c1ccc(-n2cccc2[C@@H]2[C@H](c3ccccn3)NC(=S)N2C[C@H]2CCCO2)cc1. The molecule has 6 nitrogen and oxygen atoms in total. The Morgan fingerprint density at radius 2 is 1.97 bits per heavy atom. The van der Waals surface area contributed by atoms with E-state index in [1.54, 1.807) is 0 Å². The lowest BCUT2D eigenvalue weighted by Crippen LogP contribution is -2.36. The highest BCUT2D eigenvalue weighted by molar-refractivity contribution is 7.80. The van der Waals surface area contributed by atoms with E-state index in [9.17, 15) is 0 Å². The van der Waals surface area contributed by atoms with E-state index >= 15 is 0 Å². The Bertz CT molecular complexity index is 1060. The molecule has 2 fully saturated rings. The molecule has 3 atom stereocenters. The molecule has 1 N–H and O–H groups in total. The maximum absolute atomic E-state index is 5.96. The number of thiocarbonyl (C=S) groups is 1. The summed E-state index contributed by atoms with van der Waals surface area (Å²) in [5, 5.41) is 4.32. The molecule has 0 bridgehead atoms. The van der Waals surface area contributed by atoms with Crippen molar-refractivity contribution < 1.29 is 4.74 Å². The van der Waals surface area contributed by atoms with Crippen LogP contribution in [0.5, 0.6) is 0 Å². The van der Waals surface area contributed by atoms with Crippen LogP contribution >= 0.6 is 12.2 Å². The summed E-state index contributed by atoms with van der Waals surface area (Å²) in [6.45, 7) is 1.62. The number of hydrogen-bond donors (Lipinski definition) is 1. The molecule has 0 saturated carbocycles. The van der Waals surface area contributed by atoms with Crippen LogP contribution in [-0.4, -0.2) is 52.9 Å². The minimum atomic E-state index is -0.0280. The van der Waals surface area contributed by atoms with Crippen LogP contribution in [-0.2, 0) is 4.74 Å². The Kier molecular flexibility index (Phi) is 5.85. The first-order valence-electron chi connectivity index (χ1n) is 11.2. The van der Waals surface area contributed by atoms with Gasteiger partial charge in [-0.2, -0.15) is 0 Å². The predicted octanol–water partition coefficient (Wildman–Crippen LogP) is 4.09. The first-order valence-corrected chi connectivity index (χ1v) is 11.6. The van der Waals surface area contributed by atoms with Gasteiger partial charge in [-0.3, -0.25) is 4.98 Å². The normalized spacial score (nSPS) is 22.9. The fraction of sp³-hybridized carbons (Fsp3) is 0.360. The maximum atomic E-state index is 5.96. The van der Waals surface area contributed by atoms with Gasteiger partial charge in [0.25, 0.3) is 0 Å². The number of nitrogens with one attached hydrogen (secondary N) is 1. The van der Waals surface area contributed by atoms with Crippen molar-refractivity contribution in [1.29, 1.82) is 0 Å². The van der Waals surface area contributed by atoms with Crippen LogP contribution in [0.2, 0.25) is 0 Å². The number of nitrogens with zero attached hydrogens (tertiary/aromatic N) is 4. The van der Waals surface area contributed by atoms with Gasteiger partial charge >= 0.3 is 0 Å². The lowest BCUT2D eigenvalue weighted by molar-refractivity contribution is 0.0836. The van der Waals surface area contributed by atoms with Gasteiger partial charge in [0.15, 0.2) is 5.11 Å². The molecule has 2 aromatic heterocycles. The zero-order valence-corrected chi connectivity index (χ0v) is 19.3. The number of anilines is 1. The smallest absolute Gasteiger partial charge is 0.170 e. The monoisotopic (exact) mass is 447 g/mol. The summed E-state index contributed by atoms with van der Waals surface area (Å²) in [6.07, 6.45) is 6.37. The van der Waals surface area contributed by atoms with E-state index in [4.69, 9.17) is 17.0 Å². The number of hydrogen-bond acceptors (Lipinski definition) is 4. The average Bonchev–Trinajstić information content (AvgIpc) is 3.56. The third-order valence-corrected chi connectivity index (χ3v) is 6.70. The van der Waals surface area contributed by atoms with E-state index < -0.39 is 0 Å². The van der Waals surface area contributed by atoms with Gasteiger partial charge in [0.2, 0.25) is 0 Å². The zero-order chi connectivity index (χ0) is 22.1. The quantitative estimate of drug-likeness (QED) is 0.575. The Morgan fingerprint density at radius 3 is 2.66 bits per heavy atom.